The van der Waals surface area contributed by atoms with Crippen molar-refractivity contribution < 1.29 is 89.4 Å². The Bertz CT molecular complexity index is 1550. The minimum absolute atomic E-state index is 0.246. The van der Waals surface area contributed by atoms with Gasteiger partial charge in [-0.05, 0) is 44.9 Å². The van der Waals surface area contributed by atoms with Gasteiger partial charge in [-0.1, -0.05) is 179 Å². The van der Waals surface area contributed by atoms with Crippen molar-refractivity contribution in [1.82, 2.24) is 5.32 Å². The van der Waals surface area contributed by atoms with E-state index < -0.39 is 124 Å². The number of rotatable bonds is 43. The molecule has 12 N–H and O–H groups in total. The topological polar surface area (TPSA) is 307 Å². The van der Waals surface area contributed by atoms with Gasteiger partial charge in [-0.25, -0.2) is 0 Å². The molecule has 3 saturated heterocycles. The van der Waals surface area contributed by atoms with Gasteiger partial charge >= 0.3 is 0 Å². The Hall–Kier alpha value is -1.99. The van der Waals surface area contributed by atoms with Crippen LogP contribution in [0.5, 0.6) is 0 Å². The maximum Gasteiger partial charge on any atom is 0.220 e. The summed E-state index contributed by atoms with van der Waals surface area (Å²) < 4.78 is 34.3. The van der Waals surface area contributed by atoms with Crippen LogP contribution in [-0.4, -0.2) is 193 Å². The predicted octanol–water partition coefficient (Wildman–Crippen LogP) is 4.93. The standard InChI is InChI=1S/C58H105NO18/c1-3-5-7-9-11-13-15-17-19-20-22-23-25-27-29-31-33-35-42(63)41(59-46(64)36-34-32-30-28-26-24-21-18-16-14-12-10-8-6-4-2)40-72-56-52(70)49(67)54(44(38-61)74-56)77-58-53(71)50(68)55(45(39-62)75-58)76-57-51(69)48(66)47(65)43(37-60)73-57/h6,8,12,14,18,21,41-45,47-58,60-63,65-71H,3-5,7,9-11,13,15-17,19-20,22-40H2,1-2H3,(H,59,64)/b8-6-,14-12-,21-18-. The lowest BCUT2D eigenvalue weighted by atomic mass is 9.96. The van der Waals surface area contributed by atoms with Crippen molar-refractivity contribution in [3.8, 4) is 0 Å². The molecule has 3 aliphatic heterocycles. The van der Waals surface area contributed by atoms with E-state index in [1.807, 2.05) is 0 Å². The van der Waals surface area contributed by atoms with Crippen LogP contribution in [0.1, 0.15) is 194 Å². The van der Waals surface area contributed by atoms with Crippen LogP contribution in [0.4, 0.5) is 0 Å². The van der Waals surface area contributed by atoms with E-state index in [0.717, 1.165) is 77.0 Å². The van der Waals surface area contributed by atoms with Gasteiger partial charge in [0.2, 0.25) is 5.91 Å². The molecule has 0 aliphatic carbocycles. The highest BCUT2D eigenvalue weighted by Gasteiger charge is 2.53. The van der Waals surface area contributed by atoms with E-state index in [-0.39, 0.29) is 18.9 Å². The Labute approximate surface area is 460 Å². The molecule has 3 fully saturated rings. The number of hydrogen-bond acceptors (Lipinski definition) is 18. The van der Waals surface area contributed by atoms with E-state index in [0.29, 0.717) is 12.8 Å². The molecule has 19 nitrogen and oxygen atoms in total. The summed E-state index contributed by atoms with van der Waals surface area (Å²) in [7, 11) is 0. The molecule has 0 bridgehead atoms. The molecule has 0 aromatic heterocycles. The van der Waals surface area contributed by atoms with Crippen molar-refractivity contribution in [2.24, 2.45) is 0 Å². The first kappa shape index (κ1) is 69.3. The van der Waals surface area contributed by atoms with Crippen LogP contribution in [0.15, 0.2) is 36.5 Å². The van der Waals surface area contributed by atoms with Crippen molar-refractivity contribution in [3.05, 3.63) is 36.5 Å². The SMILES string of the molecule is CC/C=C\C/C=C\C/C=C\CCCCCCCC(=O)NC(COC1OC(CO)C(OC2OC(CO)C(OC3OC(CO)C(O)C(O)C3O)C(O)C2O)C(O)C1O)C(O)CCCCCCCCCCCCCCCCCCC. The van der Waals surface area contributed by atoms with E-state index >= 15 is 0 Å². The number of unbranched alkanes of at least 4 members (excludes halogenated alkanes) is 21. The molecular formula is C58H105NO18. The summed E-state index contributed by atoms with van der Waals surface area (Å²) in [6.07, 6.45) is 16.6. The third-order valence-corrected chi connectivity index (χ3v) is 15.0. The average molecular weight is 1100 g/mol. The second-order valence-electron chi connectivity index (χ2n) is 21.4. The zero-order valence-corrected chi connectivity index (χ0v) is 46.7. The highest BCUT2D eigenvalue weighted by atomic mass is 16.8. The van der Waals surface area contributed by atoms with Crippen LogP contribution >= 0.6 is 0 Å². The first-order chi connectivity index (χ1) is 37.3. The molecule has 0 aromatic carbocycles. The second kappa shape index (κ2) is 41.9. The van der Waals surface area contributed by atoms with E-state index in [2.05, 4.69) is 55.6 Å². The van der Waals surface area contributed by atoms with E-state index in [1.165, 1.54) is 83.5 Å². The first-order valence-corrected chi connectivity index (χ1v) is 29.7. The van der Waals surface area contributed by atoms with Crippen LogP contribution in [0.2, 0.25) is 0 Å². The van der Waals surface area contributed by atoms with Gasteiger partial charge in [0.25, 0.3) is 0 Å². The number of ether oxygens (including phenoxy) is 6. The second-order valence-corrected chi connectivity index (χ2v) is 21.4. The molecule has 3 heterocycles. The van der Waals surface area contributed by atoms with E-state index in [9.17, 15) is 61.0 Å². The fourth-order valence-corrected chi connectivity index (χ4v) is 10.1. The van der Waals surface area contributed by atoms with Crippen LogP contribution in [0.3, 0.4) is 0 Å². The molecular weight excluding hydrogens is 999 g/mol. The van der Waals surface area contributed by atoms with Crippen molar-refractivity contribution in [2.45, 2.75) is 298 Å². The van der Waals surface area contributed by atoms with Gasteiger partial charge in [0, 0.05) is 6.42 Å². The minimum atomic E-state index is -1.97. The molecule has 3 aliphatic rings. The van der Waals surface area contributed by atoms with Crippen molar-refractivity contribution in [3.63, 3.8) is 0 Å². The molecule has 17 unspecified atom stereocenters. The maximum atomic E-state index is 13.3. The molecule has 0 spiro atoms. The largest absolute Gasteiger partial charge is 0.394 e. The van der Waals surface area contributed by atoms with Gasteiger partial charge in [-0.15, -0.1) is 0 Å². The number of carbonyl (C=O) groups is 1. The van der Waals surface area contributed by atoms with Crippen molar-refractivity contribution in [2.75, 3.05) is 26.4 Å². The van der Waals surface area contributed by atoms with Gasteiger partial charge in [-0.2, -0.15) is 0 Å². The Balaban J connectivity index is 1.51. The zero-order chi connectivity index (χ0) is 56.2. The lowest BCUT2D eigenvalue weighted by Gasteiger charge is -2.48. The van der Waals surface area contributed by atoms with E-state index in [4.69, 9.17) is 28.4 Å². The average Bonchev–Trinajstić information content (AvgIpc) is 3.43. The van der Waals surface area contributed by atoms with Crippen LogP contribution in [0, 0.1) is 0 Å². The summed E-state index contributed by atoms with van der Waals surface area (Å²) in [5, 5.41) is 120. The Morgan fingerprint density at radius 2 is 0.896 bits per heavy atom. The summed E-state index contributed by atoms with van der Waals surface area (Å²) in [5.41, 5.74) is 0. The molecule has 3 rings (SSSR count). The zero-order valence-electron chi connectivity index (χ0n) is 46.7. The molecule has 77 heavy (non-hydrogen) atoms. The van der Waals surface area contributed by atoms with E-state index in [1.54, 1.807) is 0 Å². The fourth-order valence-electron chi connectivity index (χ4n) is 10.1. The number of aliphatic hydroxyl groups is 11. The molecule has 17 atom stereocenters. The predicted molar refractivity (Wildman–Crippen MR) is 291 cm³/mol. The molecule has 0 aromatic rings. The van der Waals surface area contributed by atoms with Crippen LogP contribution in [-0.2, 0) is 33.2 Å². The monoisotopic (exact) mass is 1100 g/mol. The highest BCUT2D eigenvalue weighted by molar-refractivity contribution is 5.76. The van der Waals surface area contributed by atoms with Gasteiger partial charge in [0.05, 0.1) is 38.6 Å². The quantitative estimate of drug-likeness (QED) is 0.0285. The number of carbonyl (C=O) groups excluding carboxylic acids is 1. The molecule has 19 heteroatoms. The highest BCUT2D eigenvalue weighted by Crippen LogP contribution is 2.33. The smallest absolute Gasteiger partial charge is 0.220 e. The Kier molecular flexibility index (Phi) is 37.7. The molecule has 0 saturated carbocycles. The number of aliphatic hydroxyl groups excluding tert-OH is 11. The lowest BCUT2D eigenvalue weighted by Crippen LogP contribution is -2.66. The summed E-state index contributed by atoms with van der Waals surface area (Å²) in [6.45, 7) is 1.66. The lowest BCUT2D eigenvalue weighted by molar-refractivity contribution is -0.379. The Morgan fingerprint density at radius 3 is 1.40 bits per heavy atom. The number of amides is 1. The number of nitrogens with one attached hydrogen (secondary N) is 1. The summed E-state index contributed by atoms with van der Waals surface area (Å²) in [5.74, 6) is -0.261. The summed E-state index contributed by atoms with van der Waals surface area (Å²) in [4.78, 5) is 13.3. The number of hydrogen-bond donors (Lipinski definition) is 12. The molecule has 0 radical (unpaired) electrons. The Morgan fingerprint density at radius 1 is 0.481 bits per heavy atom. The minimum Gasteiger partial charge on any atom is -0.394 e. The van der Waals surface area contributed by atoms with Gasteiger partial charge < -0.3 is 89.9 Å². The molecule has 1 amide bonds. The maximum absolute atomic E-state index is 13.3. The number of allylic oxidation sites excluding steroid dienone is 6. The van der Waals surface area contributed by atoms with Gasteiger partial charge in [-0.3, -0.25) is 4.79 Å². The third-order valence-electron chi connectivity index (χ3n) is 15.0. The molecule has 450 valence electrons. The van der Waals surface area contributed by atoms with Gasteiger partial charge in [0.15, 0.2) is 18.9 Å². The first-order valence-electron chi connectivity index (χ1n) is 29.7. The normalized spacial score (nSPS) is 30.9. The van der Waals surface area contributed by atoms with Crippen molar-refractivity contribution >= 4 is 5.91 Å². The summed E-state index contributed by atoms with van der Waals surface area (Å²) in [6, 6.07) is -0.895. The third kappa shape index (κ3) is 26.2. The fraction of sp³-hybridized carbons (Fsp3) is 0.879. The van der Waals surface area contributed by atoms with Gasteiger partial charge in [0.1, 0.15) is 73.2 Å². The van der Waals surface area contributed by atoms with Crippen LogP contribution in [0.25, 0.3) is 0 Å². The van der Waals surface area contributed by atoms with Crippen molar-refractivity contribution in [1.29, 1.82) is 0 Å². The summed E-state index contributed by atoms with van der Waals surface area (Å²) >= 11 is 0. The van der Waals surface area contributed by atoms with Crippen LogP contribution < -0.4 is 5.32 Å².